The summed E-state index contributed by atoms with van der Waals surface area (Å²) in [5.74, 6) is 0.413. The van der Waals surface area contributed by atoms with E-state index in [0.29, 0.717) is 5.92 Å². The van der Waals surface area contributed by atoms with Crippen molar-refractivity contribution in [2.75, 3.05) is 0 Å². The van der Waals surface area contributed by atoms with Gasteiger partial charge in [0.2, 0.25) is 0 Å². The first-order valence-electron chi connectivity index (χ1n) is 4.07. The summed E-state index contributed by atoms with van der Waals surface area (Å²) in [5.41, 5.74) is 0. The molecule has 0 bridgehead atoms. The van der Waals surface area contributed by atoms with E-state index >= 15 is 0 Å². The van der Waals surface area contributed by atoms with Crippen LogP contribution in [0.1, 0.15) is 26.7 Å². The molecule has 62 valence electrons. The van der Waals surface area contributed by atoms with Crippen LogP contribution < -0.4 is 0 Å². The zero-order valence-electron chi connectivity index (χ0n) is 7.04. The molecule has 11 heavy (non-hydrogen) atoms. The first-order valence-corrected chi connectivity index (χ1v) is 4.07. The lowest BCUT2D eigenvalue weighted by Crippen LogP contribution is -2.14. The van der Waals surface area contributed by atoms with Crippen molar-refractivity contribution in [3.05, 3.63) is 12.2 Å². The molecule has 0 aromatic heterocycles. The minimum absolute atomic E-state index is 0.110. The van der Waals surface area contributed by atoms with E-state index in [1.54, 1.807) is 6.08 Å². The Bertz CT molecular complexity index is 168. The van der Waals surface area contributed by atoms with Crippen molar-refractivity contribution in [3.8, 4) is 0 Å². The summed E-state index contributed by atoms with van der Waals surface area (Å²) in [6, 6.07) is 0. The highest BCUT2D eigenvalue weighted by Gasteiger charge is 2.30. The predicted octanol–water partition coefficient (Wildman–Crippen LogP) is 1.90. The van der Waals surface area contributed by atoms with Crippen molar-refractivity contribution in [1.82, 2.24) is 0 Å². The van der Waals surface area contributed by atoms with Crippen molar-refractivity contribution >= 4 is 5.97 Å². The third-order valence-electron chi connectivity index (χ3n) is 1.89. The maximum absolute atomic E-state index is 10.9. The highest BCUT2D eigenvalue weighted by molar-refractivity contribution is 5.81. The molecule has 0 amide bonds. The number of carbonyl (C=O) groups is 1. The minimum atomic E-state index is -0.216. The molecule has 1 aliphatic rings. The van der Waals surface area contributed by atoms with Crippen molar-refractivity contribution in [2.24, 2.45) is 5.92 Å². The van der Waals surface area contributed by atoms with Crippen LogP contribution in [-0.2, 0) is 9.53 Å². The largest absolute Gasteiger partial charge is 0.459 e. The van der Waals surface area contributed by atoms with Crippen LogP contribution in [0, 0.1) is 5.92 Å². The molecule has 0 aliphatic heterocycles. The lowest BCUT2D eigenvalue weighted by molar-refractivity contribution is -0.143. The highest BCUT2D eigenvalue weighted by Crippen LogP contribution is 2.33. The lowest BCUT2D eigenvalue weighted by atomic mass is 10.3. The fourth-order valence-electron chi connectivity index (χ4n) is 1.02. The first kappa shape index (κ1) is 8.31. The van der Waals surface area contributed by atoms with E-state index in [1.165, 1.54) is 18.9 Å². The maximum Gasteiger partial charge on any atom is 0.330 e. The molecule has 0 radical (unpaired) electrons. The molecular formula is C9H14O2. The molecule has 2 heteroatoms. The van der Waals surface area contributed by atoms with Gasteiger partial charge >= 0.3 is 5.97 Å². The van der Waals surface area contributed by atoms with Gasteiger partial charge in [0.25, 0.3) is 0 Å². The van der Waals surface area contributed by atoms with Crippen LogP contribution in [0.15, 0.2) is 12.2 Å². The Morgan fingerprint density at radius 2 is 2.27 bits per heavy atom. The van der Waals surface area contributed by atoms with Gasteiger partial charge in [0, 0.05) is 6.08 Å². The minimum Gasteiger partial charge on any atom is -0.459 e. The van der Waals surface area contributed by atoms with E-state index < -0.39 is 0 Å². The van der Waals surface area contributed by atoms with Crippen molar-refractivity contribution < 1.29 is 9.53 Å². The Hall–Kier alpha value is -0.790. The number of rotatable bonds is 3. The van der Waals surface area contributed by atoms with Gasteiger partial charge in [-0.2, -0.15) is 0 Å². The van der Waals surface area contributed by atoms with Crippen molar-refractivity contribution in [3.63, 3.8) is 0 Å². The van der Waals surface area contributed by atoms with E-state index in [2.05, 4.69) is 0 Å². The molecule has 1 aliphatic carbocycles. The molecule has 1 rings (SSSR count). The van der Waals surface area contributed by atoms with Gasteiger partial charge in [0.1, 0.15) is 6.10 Å². The fourth-order valence-corrected chi connectivity index (χ4v) is 1.02. The third kappa shape index (κ3) is 2.74. The number of ether oxygens (including phenoxy) is 1. The number of esters is 1. The average molecular weight is 154 g/mol. The van der Waals surface area contributed by atoms with Gasteiger partial charge < -0.3 is 4.74 Å². The first-order chi connectivity index (χ1) is 5.24. The van der Waals surface area contributed by atoms with Gasteiger partial charge in [0.15, 0.2) is 0 Å². The molecular weight excluding hydrogens is 140 g/mol. The second-order valence-corrected chi connectivity index (χ2v) is 2.98. The Morgan fingerprint density at radius 3 is 2.73 bits per heavy atom. The number of allylic oxidation sites excluding steroid dienone is 1. The maximum atomic E-state index is 10.9. The molecule has 2 nitrogen and oxygen atoms in total. The molecule has 0 N–H and O–H groups in total. The zero-order valence-corrected chi connectivity index (χ0v) is 7.04. The Kier molecular flexibility index (Phi) is 2.69. The van der Waals surface area contributed by atoms with Gasteiger partial charge in [-0.15, -0.1) is 0 Å². The molecule has 0 heterocycles. The zero-order chi connectivity index (χ0) is 8.27. The Labute approximate surface area is 67.2 Å². The summed E-state index contributed by atoms with van der Waals surface area (Å²) in [7, 11) is 0. The molecule has 1 atom stereocenters. The van der Waals surface area contributed by atoms with Gasteiger partial charge in [-0.25, -0.2) is 4.79 Å². The second kappa shape index (κ2) is 3.56. The number of carbonyl (C=O) groups excluding carboxylic acids is 1. The van der Waals surface area contributed by atoms with Gasteiger partial charge in [-0.3, -0.25) is 0 Å². The topological polar surface area (TPSA) is 26.3 Å². The molecule has 1 fully saturated rings. The summed E-state index contributed by atoms with van der Waals surface area (Å²) in [6.45, 7) is 3.77. The molecule has 0 aromatic carbocycles. The SMILES string of the molecule is C/C=C/C(=O)O[C@H](C)C1CC1. The van der Waals surface area contributed by atoms with Crippen LogP contribution in [0.5, 0.6) is 0 Å². The van der Waals surface area contributed by atoms with E-state index in [-0.39, 0.29) is 12.1 Å². The molecule has 0 saturated heterocycles. The van der Waals surface area contributed by atoms with E-state index in [0.717, 1.165) is 0 Å². The normalized spacial score (nSPS) is 20.2. The second-order valence-electron chi connectivity index (χ2n) is 2.98. The van der Waals surface area contributed by atoms with Crippen LogP contribution >= 0.6 is 0 Å². The standard InChI is InChI=1S/C9H14O2/c1-3-4-9(10)11-7(2)8-5-6-8/h3-4,7-8H,5-6H2,1-2H3/b4-3+/t7-/m1/s1. The molecule has 0 spiro atoms. The van der Waals surface area contributed by atoms with Crippen LogP contribution in [0.25, 0.3) is 0 Å². The Morgan fingerprint density at radius 1 is 1.64 bits per heavy atom. The Balaban J connectivity index is 2.22. The summed E-state index contributed by atoms with van der Waals surface area (Å²) in [6.07, 6.45) is 5.69. The van der Waals surface area contributed by atoms with Gasteiger partial charge in [-0.1, -0.05) is 6.08 Å². The third-order valence-corrected chi connectivity index (χ3v) is 1.89. The smallest absolute Gasteiger partial charge is 0.330 e. The van der Waals surface area contributed by atoms with E-state index in [4.69, 9.17) is 4.74 Å². The van der Waals surface area contributed by atoms with Crippen LogP contribution in [0.2, 0.25) is 0 Å². The number of hydrogen-bond acceptors (Lipinski definition) is 2. The van der Waals surface area contributed by atoms with Crippen molar-refractivity contribution in [2.45, 2.75) is 32.8 Å². The monoisotopic (exact) mass is 154 g/mol. The van der Waals surface area contributed by atoms with Gasteiger partial charge in [-0.05, 0) is 32.6 Å². The quantitative estimate of drug-likeness (QED) is 0.458. The van der Waals surface area contributed by atoms with Gasteiger partial charge in [0.05, 0.1) is 0 Å². The predicted molar refractivity (Wildman–Crippen MR) is 43.1 cm³/mol. The van der Waals surface area contributed by atoms with Crippen LogP contribution in [-0.4, -0.2) is 12.1 Å². The molecule has 1 saturated carbocycles. The average Bonchev–Trinajstić information content (AvgIpc) is 2.67. The molecule has 0 aromatic rings. The van der Waals surface area contributed by atoms with Crippen LogP contribution in [0.3, 0.4) is 0 Å². The van der Waals surface area contributed by atoms with Crippen LogP contribution in [0.4, 0.5) is 0 Å². The van der Waals surface area contributed by atoms with Crippen molar-refractivity contribution in [1.29, 1.82) is 0 Å². The summed E-state index contributed by atoms with van der Waals surface area (Å²) < 4.78 is 5.09. The number of hydrogen-bond donors (Lipinski definition) is 0. The van der Waals surface area contributed by atoms with E-state index in [1.807, 2.05) is 13.8 Å². The summed E-state index contributed by atoms with van der Waals surface area (Å²) >= 11 is 0. The van der Waals surface area contributed by atoms with E-state index in [9.17, 15) is 4.79 Å². The summed E-state index contributed by atoms with van der Waals surface area (Å²) in [4.78, 5) is 10.9. The molecule has 0 unspecified atom stereocenters. The highest BCUT2D eigenvalue weighted by atomic mass is 16.5. The lowest BCUT2D eigenvalue weighted by Gasteiger charge is -2.09. The fraction of sp³-hybridized carbons (Fsp3) is 0.667. The summed E-state index contributed by atoms with van der Waals surface area (Å²) in [5, 5.41) is 0.